The largest absolute Gasteiger partial charge is 0.323 e. The van der Waals surface area contributed by atoms with E-state index in [2.05, 4.69) is 156 Å². The molecule has 0 saturated carbocycles. The molecule has 0 atom stereocenters. The summed E-state index contributed by atoms with van der Waals surface area (Å²) in [6.07, 6.45) is 13.7. The van der Waals surface area contributed by atoms with Gasteiger partial charge in [0.2, 0.25) is 5.78 Å². The fourth-order valence-corrected chi connectivity index (χ4v) is 11.2. The maximum Gasteiger partial charge on any atom is 0.234 e. The minimum Gasteiger partial charge on any atom is -0.323 e. The number of piperidine rings is 2. The molecule has 2 fully saturated rings. The molecule has 392 valence electrons. The Bertz CT molecular complexity index is 4040. The molecule has 0 aliphatic carbocycles. The van der Waals surface area contributed by atoms with E-state index in [9.17, 15) is 5.26 Å². The number of likely N-dealkylation sites (tertiary alicyclic amines) is 2. The highest BCUT2D eigenvalue weighted by Gasteiger charge is 2.26. The van der Waals surface area contributed by atoms with Crippen LogP contribution in [0.1, 0.15) is 65.7 Å². The molecular weight excluding hydrogens is 991 g/mol. The van der Waals surface area contributed by atoms with Crippen LogP contribution in [0.2, 0.25) is 0 Å². The normalized spacial score (nSPS) is 14.5. The summed E-state index contributed by atoms with van der Waals surface area (Å²) in [4.78, 5) is 31.6. The number of aromatic amines is 2. The first-order valence-electron chi connectivity index (χ1n) is 27.4. The van der Waals surface area contributed by atoms with Crippen LogP contribution in [-0.4, -0.2) is 95.1 Å². The molecule has 15 heteroatoms. The van der Waals surface area contributed by atoms with Crippen molar-refractivity contribution in [2.75, 3.05) is 26.2 Å². The predicted molar refractivity (Wildman–Crippen MR) is 311 cm³/mol. The molecule has 12 aromatic rings. The van der Waals surface area contributed by atoms with Crippen LogP contribution in [0, 0.1) is 11.3 Å². The Morgan fingerprint density at radius 3 is 1.69 bits per heavy atom. The third kappa shape index (κ3) is 10.6. The Balaban J connectivity index is 0.000000151. The summed E-state index contributed by atoms with van der Waals surface area (Å²) in [5.74, 6) is 3.29. The first-order valence-corrected chi connectivity index (χ1v) is 27.4. The molecule has 14 rings (SSSR count). The molecule has 0 spiro atoms. The van der Waals surface area contributed by atoms with Crippen molar-refractivity contribution in [3.63, 3.8) is 0 Å². The second-order valence-corrected chi connectivity index (χ2v) is 20.6. The van der Waals surface area contributed by atoms with E-state index >= 15 is 0 Å². The minimum absolute atomic E-state index is 0.381. The van der Waals surface area contributed by atoms with Crippen molar-refractivity contribution in [1.29, 1.82) is 5.26 Å². The lowest BCUT2D eigenvalue weighted by atomic mass is 9.93. The van der Waals surface area contributed by atoms with Gasteiger partial charge in [0.05, 0.1) is 40.1 Å². The van der Waals surface area contributed by atoms with Crippen molar-refractivity contribution < 1.29 is 0 Å². The summed E-state index contributed by atoms with van der Waals surface area (Å²) in [5.41, 5.74) is 16.2. The van der Waals surface area contributed by atoms with Gasteiger partial charge in [-0.1, -0.05) is 121 Å². The molecule has 0 bridgehead atoms. The highest BCUT2D eigenvalue weighted by Crippen LogP contribution is 2.36. The lowest BCUT2D eigenvalue weighted by molar-refractivity contribution is 0.202. The maximum absolute atomic E-state index is 9.39. The van der Waals surface area contributed by atoms with E-state index in [-0.39, 0.29) is 0 Å². The highest BCUT2D eigenvalue weighted by molar-refractivity contribution is 5.83. The molecule has 2 saturated heterocycles. The first-order chi connectivity index (χ1) is 39.6. The van der Waals surface area contributed by atoms with Gasteiger partial charge >= 0.3 is 0 Å². The SMILES string of the molecule is N#Cc1ccn2c(-c3ccccc3)c(-c3ccc(CN4CCC(c5nnc(-c6ccccn6)[nH]5)CC4)cc3)nc2c1.c1ccc(-c2c(-c3ccc(CN4CCC(c5cc(-c6ccccn6)n[nH]5)CC4)cc3)nc3ncccn23)cc1. The standard InChI is InChI=1S/C33H28N8.C32H29N7/c34-21-24-13-19-41-29(20-24)36-30(31(41)26-6-2-1-3-7-26)25-11-9-23(10-12-25)22-40-17-14-27(15-18-40)32-37-33(39-38-32)28-8-4-5-16-35-28;1-2-7-26(8-3-1)31-30(35-32-34-17-6-18-39(31)32)25-12-10-23(11-13-25)22-38-19-14-24(15-20-38)28-21-29(37-36-28)27-9-4-5-16-33-27/h1-13,16,19-20,27H,14-15,17-18,22H2,(H,37,38,39);1-13,16-18,21,24H,14-15,19-20,22H2,(H,36,37). The van der Waals surface area contributed by atoms with Gasteiger partial charge in [-0.05, 0) is 112 Å². The number of imidazole rings is 2. The molecule has 2 aliphatic rings. The number of H-pyrrole nitrogens is 2. The second kappa shape index (κ2) is 22.7. The Hall–Kier alpha value is -9.75. The maximum atomic E-state index is 9.39. The van der Waals surface area contributed by atoms with E-state index in [1.807, 2.05) is 97.5 Å². The van der Waals surface area contributed by atoms with Crippen molar-refractivity contribution in [2.45, 2.75) is 50.6 Å². The van der Waals surface area contributed by atoms with Gasteiger partial charge in [-0.3, -0.25) is 33.7 Å². The molecular formula is C65H57N15. The van der Waals surface area contributed by atoms with Crippen LogP contribution in [0.3, 0.4) is 0 Å². The van der Waals surface area contributed by atoms with Gasteiger partial charge in [-0.25, -0.2) is 15.0 Å². The van der Waals surface area contributed by atoms with Gasteiger partial charge in [0.15, 0.2) is 5.82 Å². The summed E-state index contributed by atoms with van der Waals surface area (Å²) in [5, 5.41) is 25.9. The zero-order valence-electron chi connectivity index (χ0n) is 44.1. The summed E-state index contributed by atoms with van der Waals surface area (Å²) in [6, 6.07) is 60.0. The van der Waals surface area contributed by atoms with Crippen LogP contribution in [0.5, 0.6) is 0 Å². The fraction of sp³-hybridized carbons (Fsp3) is 0.185. The van der Waals surface area contributed by atoms with E-state index in [4.69, 9.17) is 9.97 Å². The van der Waals surface area contributed by atoms with Crippen LogP contribution in [-0.2, 0) is 13.1 Å². The lowest BCUT2D eigenvalue weighted by Gasteiger charge is -2.31. The first kappa shape index (κ1) is 49.8. The second-order valence-electron chi connectivity index (χ2n) is 20.6. The average molecular weight is 1050 g/mol. The monoisotopic (exact) mass is 1050 g/mol. The number of hydrogen-bond acceptors (Lipinski definition) is 11. The van der Waals surface area contributed by atoms with Gasteiger partial charge in [0, 0.05) is 83.9 Å². The van der Waals surface area contributed by atoms with E-state index in [0.29, 0.717) is 23.2 Å². The topological polar surface area (TPSA) is 174 Å². The van der Waals surface area contributed by atoms with Gasteiger partial charge < -0.3 is 4.98 Å². The number of pyridine rings is 3. The quantitative estimate of drug-likeness (QED) is 0.119. The van der Waals surface area contributed by atoms with E-state index in [0.717, 1.165) is 144 Å². The minimum atomic E-state index is 0.381. The fourth-order valence-electron chi connectivity index (χ4n) is 11.2. The zero-order valence-corrected chi connectivity index (χ0v) is 44.1. The zero-order chi connectivity index (χ0) is 53.6. The Morgan fingerprint density at radius 2 is 1.07 bits per heavy atom. The number of aromatic nitrogens is 12. The third-order valence-electron chi connectivity index (χ3n) is 15.5. The van der Waals surface area contributed by atoms with E-state index in [1.165, 1.54) is 16.8 Å². The number of nitrogens with one attached hydrogen (secondary N) is 2. The van der Waals surface area contributed by atoms with Gasteiger partial charge in [0.1, 0.15) is 22.9 Å². The molecule has 0 radical (unpaired) electrons. The third-order valence-corrected chi connectivity index (χ3v) is 15.5. The Morgan fingerprint density at radius 1 is 0.500 bits per heavy atom. The number of hydrogen-bond donors (Lipinski definition) is 2. The molecule has 0 amide bonds. The van der Waals surface area contributed by atoms with E-state index < -0.39 is 0 Å². The molecule has 10 heterocycles. The number of benzene rings is 4. The predicted octanol–water partition coefficient (Wildman–Crippen LogP) is 12.3. The summed E-state index contributed by atoms with van der Waals surface area (Å²) < 4.78 is 4.14. The Kier molecular flexibility index (Phi) is 14.1. The van der Waals surface area contributed by atoms with Crippen LogP contribution in [0.4, 0.5) is 0 Å². The number of nitriles is 1. The van der Waals surface area contributed by atoms with Crippen molar-refractivity contribution in [3.05, 3.63) is 229 Å². The van der Waals surface area contributed by atoms with Crippen molar-refractivity contribution >= 4 is 11.4 Å². The van der Waals surface area contributed by atoms with Crippen molar-refractivity contribution in [2.24, 2.45) is 0 Å². The lowest BCUT2D eigenvalue weighted by Crippen LogP contribution is -2.32. The van der Waals surface area contributed by atoms with Crippen LogP contribution in [0.15, 0.2) is 201 Å². The van der Waals surface area contributed by atoms with E-state index in [1.54, 1.807) is 12.4 Å². The molecule has 0 unspecified atom stereocenters. The van der Waals surface area contributed by atoms with Gasteiger partial charge in [-0.15, -0.1) is 10.2 Å². The van der Waals surface area contributed by atoms with Crippen LogP contribution < -0.4 is 0 Å². The van der Waals surface area contributed by atoms with Crippen molar-refractivity contribution in [1.82, 2.24) is 68.9 Å². The molecule has 2 N–H and O–H groups in total. The molecule has 80 heavy (non-hydrogen) atoms. The highest BCUT2D eigenvalue weighted by atomic mass is 15.2. The molecule has 15 nitrogen and oxygen atoms in total. The molecule has 8 aromatic heterocycles. The summed E-state index contributed by atoms with van der Waals surface area (Å²) in [6.45, 7) is 6.02. The van der Waals surface area contributed by atoms with Crippen molar-refractivity contribution in [3.8, 4) is 74.0 Å². The van der Waals surface area contributed by atoms with Gasteiger partial charge in [-0.2, -0.15) is 10.4 Å². The molecule has 2 aliphatic heterocycles. The number of fused-ring (bicyclic) bond motifs is 2. The van der Waals surface area contributed by atoms with Gasteiger partial charge in [0.25, 0.3) is 0 Å². The molecule has 4 aromatic carbocycles. The average Bonchev–Trinajstić information content (AvgIpc) is 4.40. The summed E-state index contributed by atoms with van der Waals surface area (Å²) >= 11 is 0. The number of rotatable bonds is 12. The van der Waals surface area contributed by atoms with Crippen LogP contribution in [0.25, 0.3) is 79.4 Å². The smallest absolute Gasteiger partial charge is 0.234 e. The van der Waals surface area contributed by atoms with Crippen LogP contribution >= 0.6 is 0 Å². The number of nitrogens with zero attached hydrogens (tertiary/aromatic N) is 13. The Labute approximate surface area is 463 Å². The summed E-state index contributed by atoms with van der Waals surface area (Å²) in [7, 11) is 0.